The topological polar surface area (TPSA) is 105 Å². The molecule has 3 aromatic carbocycles. The number of ether oxygens (including phenoxy) is 2. The van der Waals surface area contributed by atoms with Crippen molar-refractivity contribution in [3.05, 3.63) is 108 Å². The van der Waals surface area contributed by atoms with Gasteiger partial charge in [0.2, 0.25) is 0 Å². The molecule has 1 N–H and O–H groups in total. The van der Waals surface area contributed by atoms with Gasteiger partial charge < -0.3 is 14.8 Å². The van der Waals surface area contributed by atoms with Crippen LogP contribution < -0.4 is 5.32 Å². The van der Waals surface area contributed by atoms with Crippen LogP contribution in [0.3, 0.4) is 0 Å². The first-order chi connectivity index (χ1) is 18.5. The van der Waals surface area contributed by atoms with Crippen LogP contribution in [0.25, 0.3) is 0 Å². The number of esters is 2. The van der Waals surface area contributed by atoms with Crippen LogP contribution >= 0.6 is 0 Å². The molecule has 2 heterocycles. The lowest BCUT2D eigenvalue weighted by Gasteiger charge is -2.33. The maximum absolute atomic E-state index is 14.1. The summed E-state index contributed by atoms with van der Waals surface area (Å²) in [5, 5.41) is 5.89. The molecule has 5 atom stereocenters. The molecule has 0 aromatic heterocycles. The maximum atomic E-state index is 14.1. The van der Waals surface area contributed by atoms with Crippen molar-refractivity contribution in [3.63, 3.8) is 0 Å². The lowest BCUT2D eigenvalue weighted by atomic mass is 9.86. The monoisotopic (exact) mass is 513 g/mol. The number of carbonyl (C=O) groups excluding carboxylic acids is 4. The highest BCUT2D eigenvalue weighted by Gasteiger charge is 2.65. The smallest absolute Gasteiger partial charge is 0.331 e. The van der Waals surface area contributed by atoms with Crippen molar-refractivity contribution >= 4 is 23.8 Å². The molecule has 2 aliphatic rings. The Hall–Kier alpha value is -4.50. The van der Waals surface area contributed by atoms with Gasteiger partial charge >= 0.3 is 11.9 Å². The summed E-state index contributed by atoms with van der Waals surface area (Å²) < 4.78 is 10.2. The van der Waals surface area contributed by atoms with Crippen LogP contribution in [0.5, 0.6) is 0 Å². The highest BCUT2D eigenvalue weighted by Crippen LogP contribution is 2.51. The Morgan fingerprint density at radius 1 is 0.711 bits per heavy atom. The van der Waals surface area contributed by atoms with E-state index < -0.39 is 53.8 Å². The van der Waals surface area contributed by atoms with Gasteiger partial charge in [0, 0.05) is 5.56 Å². The molecular weight excluding hydrogens is 486 g/mol. The predicted octanol–water partition coefficient (Wildman–Crippen LogP) is 2.67. The Balaban J connectivity index is 1.68. The van der Waals surface area contributed by atoms with Gasteiger partial charge in [0.05, 0.1) is 26.3 Å². The zero-order valence-corrected chi connectivity index (χ0v) is 20.9. The van der Waals surface area contributed by atoms with Gasteiger partial charge in [0.25, 0.3) is 11.8 Å². The molecule has 3 aromatic rings. The van der Waals surface area contributed by atoms with E-state index in [9.17, 15) is 19.2 Å². The van der Waals surface area contributed by atoms with Crippen LogP contribution in [-0.2, 0) is 23.9 Å². The van der Waals surface area contributed by atoms with E-state index in [4.69, 9.17) is 9.47 Å². The number of hydrogen-bond donors (Lipinski definition) is 1. The summed E-state index contributed by atoms with van der Waals surface area (Å²) in [6, 6.07) is 23.2. The number of hydrazine groups is 1. The Kier molecular flexibility index (Phi) is 6.93. The third kappa shape index (κ3) is 4.20. The van der Waals surface area contributed by atoms with E-state index in [1.165, 1.54) is 19.2 Å². The van der Waals surface area contributed by atoms with Crippen molar-refractivity contribution in [1.29, 1.82) is 0 Å². The summed E-state index contributed by atoms with van der Waals surface area (Å²) in [4.78, 5) is 53.7. The Morgan fingerprint density at radius 3 is 1.74 bits per heavy atom. The number of nitrogens with zero attached hydrogens (tertiary/aromatic N) is 2. The lowest BCUT2D eigenvalue weighted by Crippen LogP contribution is -2.50. The molecule has 2 saturated heterocycles. The number of hydrogen-bond acceptors (Lipinski definition) is 7. The second-order valence-corrected chi connectivity index (χ2v) is 9.11. The fraction of sp³-hybridized carbons (Fsp3) is 0.241. The van der Waals surface area contributed by atoms with Crippen molar-refractivity contribution < 1.29 is 28.7 Å². The Bertz CT molecular complexity index is 1330. The maximum Gasteiger partial charge on any atom is 0.331 e. The molecule has 2 amide bonds. The van der Waals surface area contributed by atoms with Crippen molar-refractivity contribution in [1.82, 2.24) is 15.3 Å². The number of carbonyl (C=O) groups is 4. The molecule has 2 aliphatic heterocycles. The second kappa shape index (κ2) is 10.5. The van der Waals surface area contributed by atoms with Crippen molar-refractivity contribution in [2.45, 2.75) is 24.2 Å². The quantitative estimate of drug-likeness (QED) is 0.506. The average Bonchev–Trinajstić information content (AvgIpc) is 3.45. The molecule has 5 rings (SSSR count). The summed E-state index contributed by atoms with van der Waals surface area (Å²) in [6.45, 7) is 0. The minimum atomic E-state index is -1.28. The van der Waals surface area contributed by atoms with E-state index in [0.29, 0.717) is 11.1 Å². The van der Waals surface area contributed by atoms with Crippen LogP contribution in [0.1, 0.15) is 33.6 Å². The Labute approximate surface area is 219 Å². The minimum absolute atomic E-state index is 0.394. The summed E-state index contributed by atoms with van der Waals surface area (Å²) in [7, 11) is 2.46. The Morgan fingerprint density at radius 2 is 1.21 bits per heavy atom. The third-order valence-corrected chi connectivity index (χ3v) is 7.09. The number of methoxy groups -OCH3 is 2. The van der Waals surface area contributed by atoms with E-state index in [1.807, 2.05) is 60.7 Å². The molecule has 0 spiro atoms. The predicted molar refractivity (Wildman–Crippen MR) is 136 cm³/mol. The summed E-state index contributed by atoms with van der Waals surface area (Å²) in [5.41, 5.74) is 1.84. The number of nitrogens with one attached hydrogen (secondary N) is 1. The zero-order valence-electron chi connectivity index (χ0n) is 20.9. The summed E-state index contributed by atoms with van der Waals surface area (Å²) in [6.07, 6.45) is 0. The average molecular weight is 514 g/mol. The fourth-order valence-corrected chi connectivity index (χ4v) is 5.48. The van der Waals surface area contributed by atoms with Gasteiger partial charge in [-0.2, -0.15) is 5.01 Å². The fourth-order valence-electron chi connectivity index (χ4n) is 5.48. The van der Waals surface area contributed by atoms with Crippen LogP contribution in [0.15, 0.2) is 91.0 Å². The first-order valence-electron chi connectivity index (χ1n) is 12.2. The van der Waals surface area contributed by atoms with Gasteiger partial charge in [-0.15, -0.1) is 0 Å². The number of amides is 2. The molecule has 0 saturated carbocycles. The van der Waals surface area contributed by atoms with E-state index in [1.54, 1.807) is 35.3 Å². The first kappa shape index (κ1) is 25.2. The highest BCUT2D eigenvalue weighted by atomic mass is 16.5. The van der Waals surface area contributed by atoms with E-state index >= 15 is 0 Å². The van der Waals surface area contributed by atoms with Gasteiger partial charge in [-0.05, 0) is 23.3 Å². The molecule has 194 valence electrons. The number of fused-ring (bicyclic) bond motifs is 1. The first-order valence-corrected chi connectivity index (χ1v) is 12.2. The molecular formula is C29H27N3O6. The van der Waals surface area contributed by atoms with Crippen molar-refractivity contribution in [2.24, 2.45) is 5.92 Å². The van der Waals surface area contributed by atoms with Crippen molar-refractivity contribution in [3.8, 4) is 0 Å². The SMILES string of the molecule is COC(=O)[C@@H]1[C@@H](C(=O)OC)N2C(=O)[C@H](NC(=O)c3ccccc3)[C@@H](c3ccccc3)N2[C@@H]1c1ccccc1. The summed E-state index contributed by atoms with van der Waals surface area (Å²) in [5.74, 6) is -3.41. The molecule has 9 heteroatoms. The minimum Gasteiger partial charge on any atom is -0.469 e. The van der Waals surface area contributed by atoms with Gasteiger partial charge in [-0.1, -0.05) is 78.9 Å². The van der Waals surface area contributed by atoms with Crippen LogP contribution in [-0.4, -0.2) is 60.1 Å². The standard InChI is InChI=1S/C29H27N3O6/c1-37-28(35)21-23(18-12-6-3-7-13-18)31-24(19-14-8-4-9-15-19)22(27(34)32(31)25(21)29(36)38-2)30-26(33)20-16-10-5-11-17-20/h3-17,21-25H,1-2H3,(H,30,33)/t21-,22+,23+,24+,25-/m0/s1. The zero-order chi connectivity index (χ0) is 26.8. The van der Waals surface area contributed by atoms with Crippen molar-refractivity contribution in [2.75, 3.05) is 14.2 Å². The molecule has 38 heavy (non-hydrogen) atoms. The molecule has 0 bridgehead atoms. The van der Waals surface area contributed by atoms with Gasteiger partial charge in [-0.3, -0.25) is 19.4 Å². The van der Waals surface area contributed by atoms with Gasteiger partial charge in [0.1, 0.15) is 12.0 Å². The van der Waals surface area contributed by atoms with E-state index in [2.05, 4.69) is 5.32 Å². The van der Waals surface area contributed by atoms with Crippen LogP contribution in [0.4, 0.5) is 0 Å². The second-order valence-electron chi connectivity index (χ2n) is 9.11. The third-order valence-electron chi connectivity index (χ3n) is 7.09. The van der Waals surface area contributed by atoms with Crippen LogP contribution in [0.2, 0.25) is 0 Å². The van der Waals surface area contributed by atoms with E-state index in [-0.39, 0.29) is 0 Å². The molecule has 2 fully saturated rings. The lowest BCUT2D eigenvalue weighted by molar-refractivity contribution is -0.161. The normalized spacial score (nSPS) is 24.5. The molecule has 0 aliphatic carbocycles. The molecule has 9 nitrogen and oxygen atoms in total. The van der Waals surface area contributed by atoms with Gasteiger partial charge in [-0.25, -0.2) is 4.79 Å². The van der Waals surface area contributed by atoms with Gasteiger partial charge in [0.15, 0.2) is 6.04 Å². The molecule has 0 unspecified atom stereocenters. The summed E-state index contributed by atoms with van der Waals surface area (Å²) >= 11 is 0. The highest BCUT2D eigenvalue weighted by molar-refractivity contribution is 6.00. The van der Waals surface area contributed by atoms with Crippen LogP contribution in [0, 0.1) is 5.92 Å². The largest absolute Gasteiger partial charge is 0.469 e. The number of rotatable bonds is 6. The number of benzene rings is 3. The van der Waals surface area contributed by atoms with E-state index in [0.717, 1.165) is 5.56 Å². The molecule has 0 radical (unpaired) electrons.